The molecule has 0 spiro atoms. The van der Waals surface area contributed by atoms with Crippen molar-refractivity contribution >= 4 is 27.3 Å². The first-order valence-electron chi connectivity index (χ1n) is 5.63. The SMILES string of the molecule is CCc1nn(C)cc1Nc1cccc(Br)c1C#N. The van der Waals surface area contributed by atoms with E-state index in [2.05, 4.69) is 39.3 Å². The van der Waals surface area contributed by atoms with Gasteiger partial charge in [0.1, 0.15) is 6.07 Å². The standard InChI is InChI=1S/C13H13BrN4/c1-3-11-13(8-18(2)17-11)16-12-6-4-5-10(14)9(12)7-15/h4-6,8,16H,3H2,1-2H3. The molecule has 5 heteroatoms. The highest BCUT2D eigenvalue weighted by Gasteiger charge is 2.10. The van der Waals surface area contributed by atoms with Crippen LogP contribution in [0, 0.1) is 11.3 Å². The summed E-state index contributed by atoms with van der Waals surface area (Å²) in [5.74, 6) is 0. The number of nitrogens with zero attached hydrogens (tertiary/aromatic N) is 3. The summed E-state index contributed by atoms with van der Waals surface area (Å²) in [4.78, 5) is 0. The normalized spacial score (nSPS) is 10.1. The van der Waals surface area contributed by atoms with Crippen LogP contribution in [0.2, 0.25) is 0 Å². The van der Waals surface area contributed by atoms with E-state index in [0.29, 0.717) is 5.56 Å². The van der Waals surface area contributed by atoms with E-state index in [1.54, 1.807) is 4.68 Å². The van der Waals surface area contributed by atoms with Crippen LogP contribution in [-0.2, 0) is 13.5 Å². The van der Waals surface area contributed by atoms with Gasteiger partial charge < -0.3 is 5.32 Å². The minimum absolute atomic E-state index is 0.600. The molecule has 2 aromatic rings. The molecule has 4 nitrogen and oxygen atoms in total. The summed E-state index contributed by atoms with van der Waals surface area (Å²) in [5.41, 5.74) is 3.31. The monoisotopic (exact) mass is 304 g/mol. The number of nitrogens with one attached hydrogen (secondary N) is 1. The fraction of sp³-hybridized carbons (Fsp3) is 0.231. The second kappa shape index (κ2) is 5.23. The predicted octanol–water partition coefficient (Wildman–Crippen LogP) is 3.36. The first kappa shape index (κ1) is 12.7. The van der Waals surface area contributed by atoms with Crippen molar-refractivity contribution < 1.29 is 0 Å². The van der Waals surface area contributed by atoms with Gasteiger partial charge in [-0.3, -0.25) is 4.68 Å². The fourth-order valence-corrected chi connectivity index (χ4v) is 2.24. The summed E-state index contributed by atoms with van der Waals surface area (Å²) >= 11 is 3.38. The topological polar surface area (TPSA) is 53.6 Å². The van der Waals surface area contributed by atoms with Gasteiger partial charge in [0.05, 0.1) is 22.6 Å². The van der Waals surface area contributed by atoms with Gasteiger partial charge in [-0.25, -0.2) is 0 Å². The van der Waals surface area contributed by atoms with Crippen molar-refractivity contribution in [2.45, 2.75) is 13.3 Å². The largest absolute Gasteiger partial charge is 0.352 e. The van der Waals surface area contributed by atoms with Crippen molar-refractivity contribution in [3.05, 3.63) is 40.1 Å². The Morgan fingerprint density at radius 1 is 1.44 bits per heavy atom. The molecule has 0 saturated carbocycles. The van der Waals surface area contributed by atoms with E-state index in [9.17, 15) is 0 Å². The Hall–Kier alpha value is -1.80. The van der Waals surface area contributed by atoms with E-state index in [1.807, 2.05) is 31.4 Å². The molecule has 0 radical (unpaired) electrons. The zero-order chi connectivity index (χ0) is 13.1. The van der Waals surface area contributed by atoms with Crippen LogP contribution in [0.25, 0.3) is 0 Å². The third kappa shape index (κ3) is 2.39. The highest BCUT2D eigenvalue weighted by Crippen LogP contribution is 2.27. The van der Waals surface area contributed by atoms with Crippen LogP contribution in [0.5, 0.6) is 0 Å². The highest BCUT2D eigenvalue weighted by molar-refractivity contribution is 9.10. The fourth-order valence-electron chi connectivity index (χ4n) is 1.79. The lowest BCUT2D eigenvalue weighted by molar-refractivity contribution is 0.746. The Kier molecular flexibility index (Phi) is 3.68. The maximum absolute atomic E-state index is 9.17. The average Bonchev–Trinajstić information content (AvgIpc) is 2.70. The van der Waals surface area contributed by atoms with Crippen LogP contribution in [0.3, 0.4) is 0 Å². The Morgan fingerprint density at radius 2 is 2.22 bits per heavy atom. The maximum atomic E-state index is 9.17. The molecule has 0 aliphatic rings. The number of rotatable bonds is 3. The van der Waals surface area contributed by atoms with Crippen molar-refractivity contribution in [2.24, 2.45) is 7.05 Å². The second-order valence-corrected chi connectivity index (χ2v) is 4.77. The molecule has 0 unspecified atom stereocenters. The summed E-state index contributed by atoms with van der Waals surface area (Å²) < 4.78 is 2.56. The Bertz CT molecular complexity index is 610. The third-order valence-corrected chi connectivity index (χ3v) is 3.30. The zero-order valence-corrected chi connectivity index (χ0v) is 11.8. The quantitative estimate of drug-likeness (QED) is 0.946. The van der Waals surface area contributed by atoms with Crippen molar-refractivity contribution in [1.29, 1.82) is 5.26 Å². The minimum Gasteiger partial charge on any atom is -0.352 e. The maximum Gasteiger partial charge on any atom is 0.103 e. The molecule has 18 heavy (non-hydrogen) atoms. The van der Waals surface area contributed by atoms with Gasteiger partial charge in [-0.1, -0.05) is 13.0 Å². The van der Waals surface area contributed by atoms with E-state index >= 15 is 0 Å². The average molecular weight is 305 g/mol. The number of hydrogen-bond donors (Lipinski definition) is 1. The lowest BCUT2D eigenvalue weighted by atomic mass is 10.2. The number of benzene rings is 1. The van der Waals surface area contributed by atoms with Crippen molar-refractivity contribution in [3.63, 3.8) is 0 Å². The van der Waals surface area contributed by atoms with Crippen LogP contribution in [-0.4, -0.2) is 9.78 Å². The van der Waals surface area contributed by atoms with Crippen LogP contribution < -0.4 is 5.32 Å². The summed E-state index contributed by atoms with van der Waals surface area (Å²) in [6, 6.07) is 7.83. The number of nitriles is 1. The molecule has 0 bridgehead atoms. The van der Waals surface area contributed by atoms with E-state index in [-0.39, 0.29) is 0 Å². The first-order valence-corrected chi connectivity index (χ1v) is 6.43. The molecule has 0 amide bonds. The van der Waals surface area contributed by atoms with Gasteiger partial charge in [0.15, 0.2) is 0 Å². The van der Waals surface area contributed by atoms with E-state index in [0.717, 1.165) is 28.0 Å². The van der Waals surface area contributed by atoms with Crippen LogP contribution in [0.1, 0.15) is 18.2 Å². The van der Waals surface area contributed by atoms with Gasteiger partial charge in [0, 0.05) is 17.7 Å². The highest BCUT2D eigenvalue weighted by atomic mass is 79.9. The lowest BCUT2D eigenvalue weighted by Crippen LogP contribution is -1.96. The van der Waals surface area contributed by atoms with Crippen molar-refractivity contribution in [3.8, 4) is 6.07 Å². The Labute approximate surface area is 114 Å². The van der Waals surface area contributed by atoms with Gasteiger partial charge in [-0.05, 0) is 34.5 Å². The number of anilines is 2. The summed E-state index contributed by atoms with van der Waals surface area (Å²) in [5, 5.41) is 16.8. The molecule has 1 aromatic heterocycles. The van der Waals surface area contributed by atoms with Crippen molar-refractivity contribution in [1.82, 2.24) is 9.78 Å². The smallest absolute Gasteiger partial charge is 0.103 e. The molecular formula is C13H13BrN4. The van der Waals surface area contributed by atoms with Crippen molar-refractivity contribution in [2.75, 3.05) is 5.32 Å². The van der Waals surface area contributed by atoms with Gasteiger partial charge in [-0.2, -0.15) is 10.4 Å². The van der Waals surface area contributed by atoms with Gasteiger partial charge in [0.2, 0.25) is 0 Å². The van der Waals surface area contributed by atoms with E-state index in [4.69, 9.17) is 5.26 Å². The predicted molar refractivity (Wildman–Crippen MR) is 74.7 cm³/mol. The zero-order valence-electron chi connectivity index (χ0n) is 10.2. The second-order valence-electron chi connectivity index (χ2n) is 3.92. The lowest BCUT2D eigenvalue weighted by Gasteiger charge is -2.08. The Morgan fingerprint density at radius 3 is 2.89 bits per heavy atom. The molecule has 0 saturated heterocycles. The first-order chi connectivity index (χ1) is 8.65. The molecule has 0 fully saturated rings. The number of hydrogen-bond acceptors (Lipinski definition) is 3. The van der Waals surface area contributed by atoms with Gasteiger partial charge >= 0.3 is 0 Å². The molecule has 0 aliphatic heterocycles. The summed E-state index contributed by atoms with van der Waals surface area (Å²) in [7, 11) is 1.89. The van der Waals surface area contributed by atoms with E-state index < -0.39 is 0 Å². The van der Waals surface area contributed by atoms with E-state index in [1.165, 1.54) is 0 Å². The molecule has 0 atom stereocenters. The minimum atomic E-state index is 0.600. The molecule has 92 valence electrons. The molecular weight excluding hydrogens is 292 g/mol. The third-order valence-electron chi connectivity index (χ3n) is 2.63. The number of halogens is 1. The number of aryl methyl sites for hydroxylation is 2. The van der Waals surface area contributed by atoms with Gasteiger partial charge in [0.25, 0.3) is 0 Å². The van der Waals surface area contributed by atoms with Crippen LogP contribution in [0.4, 0.5) is 11.4 Å². The summed E-state index contributed by atoms with van der Waals surface area (Å²) in [6.45, 7) is 2.06. The molecule has 1 aromatic carbocycles. The molecule has 1 N–H and O–H groups in total. The molecule has 1 heterocycles. The van der Waals surface area contributed by atoms with Crippen LogP contribution in [0.15, 0.2) is 28.9 Å². The Balaban J connectivity index is 2.40. The number of aromatic nitrogens is 2. The molecule has 0 aliphatic carbocycles. The van der Waals surface area contributed by atoms with Gasteiger partial charge in [-0.15, -0.1) is 0 Å². The summed E-state index contributed by atoms with van der Waals surface area (Å²) in [6.07, 6.45) is 2.76. The van der Waals surface area contributed by atoms with Crippen LogP contribution >= 0.6 is 15.9 Å². The molecule has 2 rings (SSSR count).